The number of nitrogens with one attached hydrogen (secondary N) is 1. The van der Waals surface area contributed by atoms with E-state index < -0.39 is 17.0 Å². The fraction of sp³-hybridized carbons (Fsp3) is 0.600. The standard InChI is InChI=1S/C20H29BrN2O4/c1-19(2,3)27-18(26)23-13-10-20(11-14-23,17(24)25)9-4-12-22-16-7-5-15(21)6-8-16/h5-8,22H,4,9-14H2,1-3H3,(H,24,25). The molecule has 1 heterocycles. The van der Waals surface area contributed by atoms with Gasteiger partial charge in [0.25, 0.3) is 0 Å². The molecule has 1 aliphatic rings. The molecule has 1 aromatic rings. The van der Waals surface area contributed by atoms with Gasteiger partial charge in [-0.1, -0.05) is 15.9 Å². The minimum absolute atomic E-state index is 0.363. The summed E-state index contributed by atoms with van der Waals surface area (Å²) in [5.41, 5.74) is -0.292. The van der Waals surface area contributed by atoms with Crippen LogP contribution in [0.5, 0.6) is 0 Å². The Bertz CT molecular complexity index is 647. The summed E-state index contributed by atoms with van der Waals surface area (Å²) in [7, 11) is 0. The van der Waals surface area contributed by atoms with Gasteiger partial charge in [0.1, 0.15) is 5.60 Å². The average Bonchev–Trinajstić information content (AvgIpc) is 2.59. The summed E-state index contributed by atoms with van der Waals surface area (Å²) >= 11 is 3.40. The number of rotatable bonds is 6. The van der Waals surface area contributed by atoms with Crippen LogP contribution in [-0.4, -0.2) is 47.3 Å². The van der Waals surface area contributed by atoms with Gasteiger partial charge in [-0.2, -0.15) is 0 Å². The van der Waals surface area contributed by atoms with Crippen LogP contribution in [0.3, 0.4) is 0 Å². The highest BCUT2D eigenvalue weighted by molar-refractivity contribution is 9.10. The van der Waals surface area contributed by atoms with E-state index in [9.17, 15) is 14.7 Å². The number of carboxylic acid groups (broad SMARTS) is 1. The number of benzene rings is 1. The number of carboxylic acids is 1. The molecule has 1 fully saturated rings. The summed E-state index contributed by atoms with van der Waals surface area (Å²) in [6.45, 7) is 7.04. The Kier molecular flexibility index (Phi) is 7.14. The van der Waals surface area contributed by atoms with Crippen LogP contribution in [0.2, 0.25) is 0 Å². The van der Waals surface area contributed by atoms with Gasteiger partial charge in [0.15, 0.2) is 0 Å². The second-order valence-electron chi connectivity index (χ2n) is 8.09. The Morgan fingerprint density at radius 2 is 1.81 bits per heavy atom. The number of piperidine rings is 1. The third kappa shape index (κ3) is 6.41. The number of anilines is 1. The number of hydrogen-bond donors (Lipinski definition) is 2. The number of ether oxygens (including phenoxy) is 1. The first-order valence-electron chi connectivity index (χ1n) is 9.32. The fourth-order valence-electron chi connectivity index (χ4n) is 3.24. The highest BCUT2D eigenvalue weighted by atomic mass is 79.9. The van der Waals surface area contributed by atoms with Crippen LogP contribution in [0.15, 0.2) is 28.7 Å². The summed E-state index contributed by atoms with van der Waals surface area (Å²) in [6, 6.07) is 7.90. The third-order valence-electron chi connectivity index (χ3n) is 4.83. The Morgan fingerprint density at radius 1 is 1.22 bits per heavy atom. The van der Waals surface area contributed by atoms with Crippen LogP contribution < -0.4 is 5.32 Å². The molecule has 7 heteroatoms. The topological polar surface area (TPSA) is 78.9 Å². The molecule has 1 amide bonds. The number of nitrogens with zero attached hydrogens (tertiary/aromatic N) is 1. The molecule has 0 unspecified atom stereocenters. The van der Waals surface area contributed by atoms with Gasteiger partial charge in [-0.25, -0.2) is 4.79 Å². The zero-order valence-corrected chi connectivity index (χ0v) is 17.8. The van der Waals surface area contributed by atoms with Crippen molar-refractivity contribution in [2.45, 2.75) is 52.1 Å². The molecule has 150 valence electrons. The highest BCUT2D eigenvalue weighted by Gasteiger charge is 2.42. The first kappa shape index (κ1) is 21.5. The highest BCUT2D eigenvalue weighted by Crippen LogP contribution is 2.37. The summed E-state index contributed by atoms with van der Waals surface area (Å²) < 4.78 is 6.41. The Hall–Kier alpha value is -1.76. The number of carbonyl (C=O) groups is 2. The molecule has 2 N–H and O–H groups in total. The van der Waals surface area contributed by atoms with Gasteiger partial charge in [-0.3, -0.25) is 4.79 Å². The van der Waals surface area contributed by atoms with Crippen molar-refractivity contribution in [3.8, 4) is 0 Å². The summed E-state index contributed by atoms with van der Waals surface area (Å²) in [6.07, 6.45) is 1.90. The van der Waals surface area contributed by atoms with Gasteiger partial charge in [-0.05, 0) is 70.7 Å². The molecule has 0 radical (unpaired) electrons. The first-order chi connectivity index (χ1) is 12.6. The largest absolute Gasteiger partial charge is 0.481 e. The van der Waals surface area contributed by atoms with Crippen molar-refractivity contribution < 1.29 is 19.4 Å². The van der Waals surface area contributed by atoms with Crippen LogP contribution >= 0.6 is 15.9 Å². The molecule has 0 atom stereocenters. The lowest BCUT2D eigenvalue weighted by atomic mass is 9.75. The summed E-state index contributed by atoms with van der Waals surface area (Å²) in [4.78, 5) is 25.7. The molecule has 1 saturated heterocycles. The van der Waals surface area contributed by atoms with Crippen molar-refractivity contribution in [1.82, 2.24) is 4.90 Å². The molecule has 1 aromatic carbocycles. The van der Waals surface area contributed by atoms with Gasteiger partial charge in [-0.15, -0.1) is 0 Å². The van der Waals surface area contributed by atoms with Crippen molar-refractivity contribution in [2.75, 3.05) is 25.0 Å². The van der Waals surface area contributed by atoms with Crippen molar-refractivity contribution in [2.24, 2.45) is 5.41 Å². The molecule has 0 bridgehead atoms. The second-order valence-corrected chi connectivity index (χ2v) is 9.01. The number of hydrogen-bond acceptors (Lipinski definition) is 4. The van der Waals surface area contributed by atoms with Gasteiger partial charge in [0.2, 0.25) is 0 Å². The first-order valence-corrected chi connectivity index (χ1v) is 10.1. The third-order valence-corrected chi connectivity index (χ3v) is 5.36. The molecule has 0 spiro atoms. The van der Waals surface area contributed by atoms with Gasteiger partial charge in [0, 0.05) is 29.8 Å². The molecule has 0 saturated carbocycles. The summed E-state index contributed by atoms with van der Waals surface area (Å²) in [5.74, 6) is -0.769. The van der Waals surface area contributed by atoms with Crippen LogP contribution in [0.4, 0.5) is 10.5 Å². The lowest BCUT2D eigenvalue weighted by molar-refractivity contribution is -0.152. The molecule has 2 rings (SSSR count). The lowest BCUT2D eigenvalue weighted by Gasteiger charge is -2.39. The van der Waals surface area contributed by atoms with Crippen molar-refractivity contribution in [1.29, 1.82) is 0 Å². The van der Waals surface area contributed by atoms with Crippen molar-refractivity contribution in [3.63, 3.8) is 0 Å². The fourth-order valence-corrected chi connectivity index (χ4v) is 3.51. The molecular weight excluding hydrogens is 412 g/mol. The smallest absolute Gasteiger partial charge is 0.410 e. The normalized spacial score (nSPS) is 16.7. The van der Waals surface area contributed by atoms with Crippen molar-refractivity contribution >= 4 is 33.7 Å². The number of halogens is 1. The van der Waals surface area contributed by atoms with E-state index in [1.165, 1.54) is 0 Å². The molecule has 27 heavy (non-hydrogen) atoms. The average molecular weight is 441 g/mol. The molecule has 6 nitrogen and oxygen atoms in total. The predicted octanol–water partition coefficient (Wildman–Crippen LogP) is 4.74. The zero-order valence-electron chi connectivity index (χ0n) is 16.3. The van der Waals surface area contributed by atoms with Crippen molar-refractivity contribution in [3.05, 3.63) is 28.7 Å². The van der Waals surface area contributed by atoms with E-state index in [4.69, 9.17) is 4.74 Å². The minimum Gasteiger partial charge on any atom is -0.481 e. The van der Waals surface area contributed by atoms with Crippen LogP contribution in [0.1, 0.15) is 46.5 Å². The zero-order chi connectivity index (χ0) is 20.1. The Morgan fingerprint density at radius 3 is 2.33 bits per heavy atom. The van der Waals surface area contributed by atoms with E-state index in [2.05, 4.69) is 21.2 Å². The number of likely N-dealkylation sites (tertiary alicyclic amines) is 1. The van der Waals surface area contributed by atoms with Crippen LogP contribution in [0, 0.1) is 5.41 Å². The molecule has 0 aromatic heterocycles. The SMILES string of the molecule is CC(C)(C)OC(=O)N1CCC(CCCNc2ccc(Br)cc2)(C(=O)O)CC1. The van der Waals surface area contributed by atoms with E-state index in [0.717, 1.165) is 16.6 Å². The number of aliphatic carboxylic acids is 1. The van der Waals surface area contributed by atoms with Crippen LogP contribution in [-0.2, 0) is 9.53 Å². The second kappa shape index (κ2) is 8.95. The maximum absolute atomic E-state index is 12.2. The maximum Gasteiger partial charge on any atom is 0.410 e. The predicted molar refractivity (Wildman–Crippen MR) is 109 cm³/mol. The number of carbonyl (C=O) groups excluding carboxylic acids is 1. The molecular formula is C20H29BrN2O4. The van der Waals surface area contributed by atoms with E-state index in [0.29, 0.717) is 38.9 Å². The molecule has 0 aliphatic carbocycles. The van der Waals surface area contributed by atoms with E-state index in [-0.39, 0.29) is 6.09 Å². The number of amides is 1. The van der Waals surface area contributed by atoms with Gasteiger partial charge >= 0.3 is 12.1 Å². The van der Waals surface area contributed by atoms with Gasteiger partial charge < -0.3 is 20.1 Å². The van der Waals surface area contributed by atoms with Crippen LogP contribution in [0.25, 0.3) is 0 Å². The monoisotopic (exact) mass is 440 g/mol. The molecule has 1 aliphatic heterocycles. The van der Waals surface area contributed by atoms with Gasteiger partial charge in [0.05, 0.1) is 5.41 Å². The van der Waals surface area contributed by atoms with E-state index >= 15 is 0 Å². The summed E-state index contributed by atoms with van der Waals surface area (Å²) in [5, 5.41) is 13.1. The van der Waals surface area contributed by atoms with E-state index in [1.54, 1.807) is 4.90 Å². The Labute approximate surface area is 169 Å². The quantitative estimate of drug-likeness (QED) is 0.624. The lowest BCUT2D eigenvalue weighted by Crippen LogP contribution is -2.48. The van der Waals surface area contributed by atoms with E-state index in [1.807, 2.05) is 45.0 Å². The minimum atomic E-state index is -0.769. The maximum atomic E-state index is 12.2. The Balaban J connectivity index is 1.83.